The number of rotatable bonds is 8. The first-order chi connectivity index (χ1) is 12.1. The Labute approximate surface area is 154 Å². The fourth-order valence-electron chi connectivity index (χ4n) is 6.35. The average molecular weight is 341 g/mol. The van der Waals surface area contributed by atoms with Crippen LogP contribution >= 0.6 is 0 Å². The maximum absolute atomic E-state index is 3.80. The van der Waals surface area contributed by atoms with Crippen LogP contribution in [0, 0.1) is 37.0 Å². The van der Waals surface area contributed by atoms with Crippen molar-refractivity contribution in [2.75, 3.05) is 26.2 Å². The lowest BCUT2D eigenvalue weighted by molar-refractivity contribution is -0.0511. The molecule has 4 bridgehead atoms. The fraction of sp³-hybridized carbons (Fsp3) is 0.739. The van der Waals surface area contributed by atoms with Crippen LogP contribution in [0.4, 0.5) is 0 Å². The molecule has 4 aliphatic carbocycles. The highest BCUT2D eigenvalue weighted by Gasteiger charge is 2.50. The Kier molecular flexibility index (Phi) is 5.20. The number of nitrogens with one attached hydrogen (secondary N) is 2. The van der Waals surface area contributed by atoms with Crippen molar-refractivity contribution in [3.63, 3.8) is 0 Å². The molecule has 2 heteroatoms. The van der Waals surface area contributed by atoms with Gasteiger partial charge in [0.2, 0.25) is 0 Å². The molecule has 1 aromatic rings. The number of benzene rings is 1. The van der Waals surface area contributed by atoms with E-state index in [0.29, 0.717) is 5.41 Å². The van der Waals surface area contributed by atoms with Crippen LogP contribution in [0.2, 0.25) is 0 Å². The minimum absolute atomic E-state index is 0.675. The van der Waals surface area contributed by atoms with Gasteiger partial charge in [-0.3, -0.25) is 0 Å². The fourth-order valence-corrected chi connectivity index (χ4v) is 6.35. The summed E-state index contributed by atoms with van der Waals surface area (Å²) in [5.74, 6) is 3.22. The van der Waals surface area contributed by atoms with Gasteiger partial charge in [0, 0.05) is 19.6 Å². The third-order valence-electron chi connectivity index (χ3n) is 7.31. The normalized spacial score (nSPS) is 33.1. The van der Waals surface area contributed by atoms with E-state index >= 15 is 0 Å². The lowest BCUT2D eigenvalue weighted by Gasteiger charge is -2.57. The molecule has 0 amide bonds. The van der Waals surface area contributed by atoms with Crippen molar-refractivity contribution < 1.29 is 0 Å². The SMILES string of the molecule is Cc1ccc(CCNCCNCC23CC4CC(CC(C4)C2)C3)cc1C. The van der Waals surface area contributed by atoms with E-state index in [1.165, 1.54) is 42.5 Å². The van der Waals surface area contributed by atoms with E-state index in [0.717, 1.165) is 43.8 Å². The second-order valence-electron chi connectivity index (χ2n) is 9.51. The molecule has 0 unspecified atom stereocenters. The van der Waals surface area contributed by atoms with E-state index in [-0.39, 0.29) is 0 Å². The van der Waals surface area contributed by atoms with Gasteiger partial charge in [0.15, 0.2) is 0 Å². The van der Waals surface area contributed by atoms with Gasteiger partial charge in [-0.1, -0.05) is 18.2 Å². The summed E-state index contributed by atoms with van der Waals surface area (Å²) < 4.78 is 0. The van der Waals surface area contributed by atoms with Crippen molar-refractivity contribution in [1.82, 2.24) is 10.6 Å². The number of hydrogen-bond donors (Lipinski definition) is 2. The summed E-state index contributed by atoms with van der Waals surface area (Å²) in [5.41, 5.74) is 4.94. The van der Waals surface area contributed by atoms with Gasteiger partial charge < -0.3 is 10.6 Å². The Morgan fingerprint density at radius 3 is 2.12 bits per heavy atom. The molecule has 0 atom stereocenters. The van der Waals surface area contributed by atoms with Crippen LogP contribution < -0.4 is 10.6 Å². The van der Waals surface area contributed by atoms with Crippen molar-refractivity contribution in [3.8, 4) is 0 Å². The molecular weight excluding hydrogens is 304 g/mol. The van der Waals surface area contributed by atoms with E-state index in [1.54, 1.807) is 19.3 Å². The van der Waals surface area contributed by atoms with Crippen molar-refractivity contribution >= 4 is 0 Å². The topological polar surface area (TPSA) is 24.1 Å². The van der Waals surface area contributed by atoms with Crippen LogP contribution in [0.25, 0.3) is 0 Å². The minimum atomic E-state index is 0.675. The average Bonchev–Trinajstić information content (AvgIpc) is 2.56. The zero-order valence-electron chi connectivity index (χ0n) is 16.2. The zero-order chi connectivity index (χ0) is 17.3. The predicted octanol–water partition coefficient (Wildman–Crippen LogP) is 4.24. The molecule has 25 heavy (non-hydrogen) atoms. The molecule has 2 N–H and O–H groups in total. The molecule has 1 aromatic carbocycles. The molecule has 0 aromatic heterocycles. The van der Waals surface area contributed by atoms with Gasteiger partial charge in [-0.05, 0) is 105 Å². The lowest BCUT2D eigenvalue weighted by atomic mass is 9.49. The molecule has 4 saturated carbocycles. The molecule has 0 aliphatic heterocycles. The Balaban J connectivity index is 1.12. The summed E-state index contributed by atoms with van der Waals surface area (Å²) in [6.07, 6.45) is 10.4. The highest BCUT2D eigenvalue weighted by atomic mass is 14.9. The first-order valence-electron chi connectivity index (χ1n) is 10.6. The molecule has 5 rings (SSSR count). The lowest BCUT2D eigenvalue weighted by Crippen LogP contribution is -2.50. The summed E-state index contributed by atoms with van der Waals surface area (Å²) in [4.78, 5) is 0. The maximum atomic E-state index is 3.80. The summed E-state index contributed by atoms with van der Waals surface area (Å²) in [7, 11) is 0. The van der Waals surface area contributed by atoms with Gasteiger partial charge in [-0.2, -0.15) is 0 Å². The Hall–Kier alpha value is -0.860. The van der Waals surface area contributed by atoms with Crippen LogP contribution in [0.1, 0.15) is 55.2 Å². The Bertz CT molecular complexity index is 556. The van der Waals surface area contributed by atoms with Crippen LogP contribution in [0.3, 0.4) is 0 Å². The first kappa shape index (κ1) is 17.5. The van der Waals surface area contributed by atoms with E-state index < -0.39 is 0 Å². The molecule has 0 heterocycles. The molecule has 4 aliphatic rings. The van der Waals surface area contributed by atoms with Gasteiger partial charge in [-0.25, -0.2) is 0 Å². The molecule has 4 fully saturated rings. The molecular formula is C23H36N2. The first-order valence-corrected chi connectivity index (χ1v) is 10.6. The van der Waals surface area contributed by atoms with Crippen LogP contribution in [0.5, 0.6) is 0 Å². The standard InChI is InChI=1S/C23H36N2/c1-17-3-4-19(9-18(17)2)5-6-24-7-8-25-16-23-13-20-10-21(14-23)12-22(11-20)15-23/h3-4,9,20-22,24-25H,5-8,10-16H2,1-2H3. The van der Waals surface area contributed by atoms with E-state index in [2.05, 4.69) is 42.7 Å². The highest BCUT2D eigenvalue weighted by molar-refractivity contribution is 5.30. The van der Waals surface area contributed by atoms with E-state index in [4.69, 9.17) is 0 Å². The molecule has 0 spiro atoms. The molecule has 2 nitrogen and oxygen atoms in total. The minimum Gasteiger partial charge on any atom is -0.315 e. The van der Waals surface area contributed by atoms with Crippen molar-refractivity contribution in [1.29, 1.82) is 0 Å². The molecule has 0 saturated heterocycles. The predicted molar refractivity (Wildman–Crippen MR) is 106 cm³/mol. The van der Waals surface area contributed by atoms with Gasteiger partial charge in [0.1, 0.15) is 0 Å². The van der Waals surface area contributed by atoms with Crippen LogP contribution in [-0.4, -0.2) is 26.2 Å². The van der Waals surface area contributed by atoms with Gasteiger partial charge in [0.25, 0.3) is 0 Å². The highest BCUT2D eigenvalue weighted by Crippen LogP contribution is 2.59. The maximum Gasteiger partial charge on any atom is 0.00769 e. The van der Waals surface area contributed by atoms with Crippen molar-refractivity contribution in [3.05, 3.63) is 34.9 Å². The van der Waals surface area contributed by atoms with E-state index in [1.807, 2.05) is 0 Å². The van der Waals surface area contributed by atoms with Crippen LogP contribution in [0.15, 0.2) is 18.2 Å². The smallest absolute Gasteiger partial charge is 0.00769 e. The third-order valence-corrected chi connectivity index (χ3v) is 7.31. The Morgan fingerprint density at radius 2 is 1.48 bits per heavy atom. The zero-order valence-corrected chi connectivity index (χ0v) is 16.2. The summed E-state index contributed by atoms with van der Waals surface area (Å²) in [6, 6.07) is 6.86. The van der Waals surface area contributed by atoms with E-state index in [9.17, 15) is 0 Å². The number of aryl methyl sites for hydroxylation is 2. The van der Waals surface area contributed by atoms with Gasteiger partial charge >= 0.3 is 0 Å². The monoisotopic (exact) mass is 340 g/mol. The largest absolute Gasteiger partial charge is 0.315 e. The third kappa shape index (κ3) is 4.11. The molecule has 0 radical (unpaired) electrons. The second kappa shape index (κ2) is 7.40. The molecule has 138 valence electrons. The Morgan fingerprint density at radius 1 is 0.840 bits per heavy atom. The van der Waals surface area contributed by atoms with Crippen molar-refractivity contribution in [2.45, 2.75) is 58.8 Å². The quantitative estimate of drug-likeness (QED) is 0.692. The second-order valence-corrected chi connectivity index (χ2v) is 9.51. The summed E-state index contributed by atoms with van der Waals surface area (Å²) in [5, 5.41) is 7.41. The number of hydrogen-bond acceptors (Lipinski definition) is 2. The van der Waals surface area contributed by atoms with Gasteiger partial charge in [-0.15, -0.1) is 0 Å². The summed E-state index contributed by atoms with van der Waals surface area (Å²) >= 11 is 0. The van der Waals surface area contributed by atoms with Gasteiger partial charge in [0.05, 0.1) is 0 Å². The summed E-state index contributed by atoms with van der Waals surface area (Å²) in [6.45, 7) is 8.97. The van der Waals surface area contributed by atoms with Crippen molar-refractivity contribution in [2.24, 2.45) is 23.2 Å². The van der Waals surface area contributed by atoms with Crippen LogP contribution in [-0.2, 0) is 6.42 Å².